The van der Waals surface area contributed by atoms with Gasteiger partial charge < -0.3 is 4.98 Å². The maximum absolute atomic E-state index is 12.5. The Morgan fingerprint density at radius 2 is 1.81 bits per heavy atom. The van der Waals surface area contributed by atoms with Crippen molar-refractivity contribution in [3.8, 4) is 0 Å². The molecule has 0 spiro atoms. The van der Waals surface area contributed by atoms with Crippen LogP contribution in [-0.4, -0.2) is 13.4 Å². The lowest BCUT2D eigenvalue weighted by Gasteiger charge is -2.03. The molecule has 0 unspecified atom stereocenters. The first-order valence-electron chi connectivity index (χ1n) is 6.23. The lowest BCUT2D eigenvalue weighted by molar-refractivity contribution is 0.610. The Morgan fingerprint density at radius 3 is 2.52 bits per heavy atom. The quantitative estimate of drug-likeness (QED) is 0.667. The normalized spacial score (nSPS) is 11.9. The third kappa shape index (κ3) is 3.02. The molecular weight excluding hydrogens is 370 g/mol. The van der Waals surface area contributed by atoms with Gasteiger partial charge in [0.25, 0.3) is 0 Å². The number of rotatable bonds is 3. The monoisotopic (exact) mass is 381 g/mol. The van der Waals surface area contributed by atoms with Crippen LogP contribution in [0.2, 0.25) is 0 Å². The van der Waals surface area contributed by atoms with Crippen LogP contribution >= 0.6 is 26.7 Å². The van der Waals surface area contributed by atoms with Crippen molar-refractivity contribution in [2.45, 2.75) is 16.7 Å². The zero-order valence-electron chi connectivity index (χ0n) is 11.1. The largest absolute Gasteiger partial charge is 0.360 e. The highest BCUT2D eigenvalue weighted by Gasteiger charge is 2.18. The fourth-order valence-electron chi connectivity index (χ4n) is 2.01. The Morgan fingerprint density at radius 1 is 1.10 bits per heavy atom. The Balaban J connectivity index is 2.01. The van der Waals surface area contributed by atoms with Crippen molar-refractivity contribution in [3.05, 3.63) is 58.7 Å². The van der Waals surface area contributed by atoms with Gasteiger partial charge in [0, 0.05) is 37.3 Å². The summed E-state index contributed by atoms with van der Waals surface area (Å²) in [5.74, 6) is 0. The summed E-state index contributed by atoms with van der Waals surface area (Å²) in [5.41, 5.74) is 1.95. The van der Waals surface area contributed by atoms with Gasteiger partial charge in [0.1, 0.15) is 0 Å². The molecule has 108 valence electrons. The molecule has 0 aliphatic rings. The van der Waals surface area contributed by atoms with Crippen molar-refractivity contribution in [2.24, 2.45) is 0 Å². The van der Waals surface area contributed by atoms with Gasteiger partial charge in [-0.2, -0.15) is 0 Å². The number of aromatic nitrogens is 1. The first kappa shape index (κ1) is 14.7. The Labute approximate surface area is 135 Å². The molecule has 0 radical (unpaired) electrons. The molecule has 0 amide bonds. The third-order valence-electron chi connectivity index (χ3n) is 3.11. The van der Waals surface area contributed by atoms with Crippen LogP contribution in [-0.2, 0) is 8.87 Å². The number of hydrogen-bond acceptors (Lipinski definition) is 3. The lowest BCUT2D eigenvalue weighted by Crippen LogP contribution is -1.94. The first-order chi connectivity index (χ1) is 9.95. The molecule has 3 rings (SSSR count). The van der Waals surface area contributed by atoms with Gasteiger partial charge in [-0.25, -0.2) is 8.42 Å². The molecule has 21 heavy (non-hydrogen) atoms. The van der Waals surface area contributed by atoms with E-state index in [0.29, 0.717) is 9.79 Å². The molecule has 0 saturated heterocycles. The van der Waals surface area contributed by atoms with E-state index in [0.717, 1.165) is 31.7 Å². The van der Waals surface area contributed by atoms with E-state index < -0.39 is 8.87 Å². The SMILES string of the molecule is Cc1ccc(S(=O)(=O)Sc2c[nH]c3ccc(Br)cc23)cc1. The molecule has 0 fully saturated rings. The van der Waals surface area contributed by atoms with E-state index in [4.69, 9.17) is 0 Å². The maximum atomic E-state index is 12.5. The van der Waals surface area contributed by atoms with E-state index >= 15 is 0 Å². The van der Waals surface area contributed by atoms with Crippen LogP contribution in [0.1, 0.15) is 5.56 Å². The molecule has 1 heterocycles. The van der Waals surface area contributed by atoms with Crippen LogP contribution in [0.4, 0.5) is 0 Å². The van der Waals surface area contributed by atoms with Crippen molar-refractivity contribution < 1.29 is 8.42 Å². The number of benzene rings is 2. The van der Waals surface area contributed by atoms with Crippen molar-refractivity contribution >= 4 is 46.5 Å². The Bertz CT molecular complexity index is 899. The summed E-state index contributed by atoms with van der Waals surface area (Å²) in [7, 11) is -2.55. The molecule has 6 heteroatoms. The number of aryl methyl sites for hydroxylation is 1. The van der Waals surface area contributed by atoms with E-state index in [-0.39, 0.29) is 0 Å². The van der Waals surface area contributed by atoms with E-state index in [2.05, 4.69) is 20.9 Å². The van der Waals surface area contributed by atoms with E-state index in [1.54, 1.807) is 30.5 Å². The molecule has 0 atom stereocenters. The van der Waals surface area contributed by atoms with Crippen molar-refractivity contribution in [3.63, 3.8) is 0 Å². The van der Waals surface area contributed by atoms with E-state index in [9.17, 15) is 8.42 Å². The van der Waals surface area contributed by atoms with Crippen LogP contribution in [0.15, 0.2) is 62.9 Å². The van der Waals surface area contributed by atoms with Gasteiger partial charge in [-0.05, 0) is 37.3 Å². The number of fused-ring (bicyclic) bond motifs is 1. The summed E-state index contributed by atoms with van der Waals surface area (Å²) < 4.78 is 25.9. The highest BCUT2D eigenvalue weighted by Crippen LogP contribution is 2.36. The average Bonchev–Trinajstić information content (AvgIpc) is 2.81. The molecule has 0 saturated carbocycles. The zero-order chi connectivity index (χ0) is 15.0. The fraction of sp³-hybridized carbons (Fsp3) is 0.0667. The topological polar surface area (TPSA) is 49.9 Å². The lowest BCUT2D eigenvalue weighted by atomic mass is 10.2. The highest BCUT2D eigenvalue weighted by atomic mass is 79.9. The van der Waals surface area contributed by atoms with Gasteiger partial charge >= 0.3 is 0 Å². The minimum Gasteiger partial charge on any atom is -0.360 e. The van der Waals surface area contributed by atoms with Gasteiger partial charge in [0.05, 0.1) is 4.90 Å². The molecule has 2 aromatic carbocycles. The number of H-pyrrole nitrogens is 1. The molecule has 3 aromatic rings. The standard InChI is InChI=1S/C15H12BrNO2S2/c1-10-2-5-12(6-3-10)21(18,19)20-15-9-17-14-7-4-11(16)8-13(14)15/h2-9,17H,1H3. The summed E-state index contributed by atoms with van der Waals surface area (Å²) in [6.07, 6.45) is 1.73. The van der Waals surface area contributed by atoms with Gasteiger partial charge in [-0.15, -0.1) is 0 Å². The van der Waals surface area contributed by atoms with Crippen molar-refractivity contribution in [1.29, 1.82) is 0 Å². The van der Waals surface area contributed by atoms with Crippen LogP contribution in [0.3, 0.4) is 0 Å². The zero-order valence-corrected chi connectivity index (χ0v) is 14.3. The molecule has 0 aliphatic carbocycles. The second kappa shape index (κ2) is 5.51. The summed E-state index contributed by atoms with van der Waals surface area (Å²) >= 11 is 3.41. The first-order valence-corrected chi connectivity index (χ1v) is 9.84. The molecule has 0 bridgehead atoms. The second-order valence-corrected chi connectivity index (χ2v) is 9.41. The predicted molar refractivity (Wildman–Crippen MR) is 90.2 cm³/mol. The Kier molecular flexibility index (Phi) is 3.86. The average molecular weight is 382 g/mol. The minimum absolute atomic E-state index is 0.322. The summed E-state index contributed by atoms with van der Waals surface area (Å²) in [5, 5.41) is 0.894. The molecule has 1 aromatic heterocycles. The number of hydrogen-bond donors (Lipinski definition) is 1. The van der Waals surface area contributed by atoms with Crippen LogP contribution in [0.25, 0.3) is 10.9 Å². The number of aromatic amines is 1. The van der Waals surface area contributed by atoms with Crippen molar-refractivity contribution in [1.82, 2.24) is 4.98 Å². The van der Waals surface area contributed by atoms with Gasteiger partial charge in [-0.3, -0.25) is 0 Å². The maximum Gasteiger partial charge on any atom is 0.234 e. The second-order valence-electron chi connectivity index (χ2n) is 4.69. The Hall–Kier alpha value is -1.24. The predicted octanol–water partition coefficient (Wildman–Crippen LogP) is 4.72. The van der Waals surface area contributed by atoms with Crippen LogP contribution in [0, 0.1) is 6.92 Å². The van der Waals surface area contributed by atoms with E-state index in [1.807, 2.05) is 25.1 Å². The number of halogens is 1. The van der Waals surface area contributed by atoms with Gasteiger partial charge in [0.15, 0.2) is 0 Å². The molecule has 0 aliphatic heterocycles. The number of nitrogens with one attached hydrogen (secondary N) is 1. The minimum atomic E-state index is -3.42. The molecule has 1 N–H and O–H groups in total. The molecular formula is C15H12BrNO2S2. The van der Waals surface area contributed by atoms with Gasteiger partial charge in [0.2, 0.25) is 8.87 Å². The summed E-state index contributed by atoms with van der Waals surface area (Å²) in [6.45, 7) is 1.93. The molecule has 3 nitrogen and oxygen atoms in total. The summed E-state index contributed by atoms with van der Waals surface area (Å²) in [6, 6.07) is 12.6. The fourth-order valence-corrected chi connectivity index (χ4v) is 5.28. The van der Waals surface area contributed by atoms with Gasteiger partial charge in [-0.1, -0.05) is 33.6 Å². The van der Waals surface area contributed by atoms with E-state index in [1.165, 1.54) is 0 Å². The smallest absolute Gasteiger partial charge is 0.234 e. The third-order valence-corrected chi connectivity index (χ3v) is 6.97. The van der Waals surface area contributed by atoms with Crippen molar-refractivity contribution in [2.75, 3.05) is 0 Å². The van der Waals surface area contributed by atoms with Crippen LogP contribution < -0.4 is 0 Å². The summed E-state index contributed by atoms with van der Waals surface area (Å²) in [4.78, 5) is 4.11. The van der Waals surface area contributed by atoms with Crippen LogP contribution in [0.5, 0.6) is 0 Å². The highest BCUT2D eigenvalue weighted by molar-refractivity contribution is 9.10.